The van der Waals surface area contributed by atoms with E-state index in [1.54, 1.807) is 42.5 Å². The molecular formula is C16H12Cl2N2O2. The normalized spacial score (nSPS) is 17.9. The highest BCUT2D eigenvalue weighted by Crippen LogP contribution is 2.32. The Hall–Kier alpha value is -2.04. The minimum atomic E-state index is -0.649. The van der Waals surface area contributed by atoms with Crippen LogP contribution in [0.15, 0.2) is 48.5 Å². The second-order valence-electron chi connectivity index (χ2n) is 4.91. The zero-order valence-corrected chi connectivity index (χ0v) is 12.9. The lowest BCUT2D eigenvalue weighted by atomic mass is 10.2. The molecule has 0 bridgehead atoms. The number of carbonyl (C=O) groups excluding carboxylic acids is 2. The fourth-order valence-corrected chi connectivity index (χ4v) is 2.75. The van der Waals surface area contributed by atoms with Crippen LogP contribution in [-0.2, 0) is 9.59 Å². The molecule has 4 nitrogen and oxygen atoms in total. The van der Waals surface area contributed by atoms with Crippen LogP contribution in [-0.4, -0.2) is 17.9 Å². The number of nitrogens with one attached hydrogen (secondary N) is 1. The number of hydrogen-bond donors (Lipinski definition) is 1. The van der Waals surface area contributed by atoms with Gasteiger partial charge in [0.15, 0.2) is 0 Å². The summed E-state index contributed by atoms with van der Waals surface area (Å²) in [5.41, 5.74) is 1.11. The number of hydrogen-bond acceptors (Lipinski definition) is 3. The second kappa shape index (κ2) is 5.99. The van der Waals surface area contributed by atoms with E-state index in [-0.39, 0.29) is 18.2 Å². The van der Waals surface area contributed by atoms with E-state index in [0.717, 1.165) is 0 Å². The molecule has 1 aliphatic heterocycles. The van der Waals surface area contributed by atoms with Crippen molar-refractivity contribution >= 4 is 46.4 Å². The molecular weight excluding hydrogens is 323 g/mol. The molecule has 3 rings (SSSR count). The average molecular weight is 335 g/mol. The van der Waals surface area contributed by atoms with Crippen LogP contribution in [0.3, 0.4) is 0 Å². The van der Waals surface area contributed by atoms with Gasteiger partial charge in [0.2, 0.25) is 5.91 Å². The fourth-order valence-electron chi connectivity index (χ4n) is 2.40. The van der Waals surface area contributed by atoms with Crippen molar-refractivity contribution in [3.8, 4) is 0 Å². The summed E-state index contributed by atoms with van der Waals surface area (Å²) >= 11 is 12.1. The van der Waals surface area contributed by atoms with Gasteiger partial charge in [0.1, 0.15) is 6.04 Å². The molecule has 2 amide bonds. The van der Waals surface area contributed by atoms with E-state index in [4.69, 9.17) is 23.2 Å². The maximum atomic E-state index is 12.5. The van der Waals surface area contributed by atoms with Crippen molar-refractivity contribution in [2.45, 2.75) is 12.5 Å². The fraction of sp³-hybridized carbons (Fsp3) is 0.125. The van der Waals surface area contributed by atoms with Gasteiger partial charge >= 0.3 is 0 Å². The molecule has 1 N–H and O–H groups in total. The predicted molar refractivity (Wildman–Crippen MR) is 87.4 cm³/mol. The van der Waals surface area contributed by atoms with Crippen molar-refractivity contribution in [3.63, 3.8) is 0 Å². The van der Waals surface area contributed by atoms with E-state index in [0.29, 0.717) is 21.4 Å². The maximum absolute atomic E-state index is 12.5. The van der Waals surface area contributed by atoms with Gasteiger partial charge < -0.3 is 5.32 Å². The van der Waals surface area contributed by atoms with Crippen molar-refractivity contribution < 1.29 is 9.59 Å². The zero-order chi connectivity index (χ0) is 15.7. The van der Waals surface area contributed by atoms with Gasteiger partial charge in [-0.25, -0.2) is 4.90 Å². The lowest BCUT2D eigenvalue weighted by Crippen LogP contribution is -2.34. The number of imide groups is 1. The number of anilines is 2. The maximum Gasteiger partial charge on any atom is 0.256 e. The largest absolute Gasteiger partial charge is 0.372 e. The van der Waals surface area contributed by atoms with Crippen LogP contribution in [0.4, 0.5) is 11.4 Å². The molecule has 0 radical (unpaired) electrons. The lowest BCUT2D eigenvalue weighted by Gasteiger charge is -2.16. The summed E-state index contributed by atoms with van der Waals surface area (Å²) in [6.45, 7) is 0. The molecule has 1 aliphatic rings. The van der Waals surface area contributed by atoms with Gasteiger partial charge in [-0.15, -0.1) is 0 Å². The van der Waals surface area contributed by atoms with Crippen molar-refractivity contribution in [3.05, 3.63) is 58.6 Å². The first-order valence-corrected chi connectivity index (χ1v) is 7.46. The molecule has 1 saturated heterocycles. The molecule has 0 spiro atoms. The summed E-state index contributed by atoms with van der Waals surface area (Å²) in [6.07, 6.45) is 0.0799. The number of rotatable bonds is 3. The van der Waals surface area contributed by atoms with E-state index in [9.17, 15) is 9.59 Å². The van der Waals surface area contributed by atoms with Crippen LogP contribution in [0.25, 0.3) is 0 Å². The Morgan fingerprint density at radius 3 is 2.45 bits per heavy atom. The van der Waals surface area contributed by atoms with E-state index in [1.165, 1.54) is 4.90 Å². The van der Waals surface area contributed by atoms with E-state index < -0.39 is 6.04 Å². The average Bonchev–Trinajstić information content (AvgIpc) is 2.79. The molecule has 1 fully saturated rings. The summed E-state index contributed by atoms with van der Waals surface area (Å²) in [7, 11) is 0. The quantitative estimate of drug-likeness (QED) is 0.870. The van der Waals surface area contributed by atoms with Crippen LogP contribution in [0.1, 0.15) is 6.42 Å². The first-order chi connectivity index (χ1) is 10.6. The van der Waals surface area contributed by atoms with Gasteiger partial charge in [-0.05, 0) is 24.3 Å². The molecule has 0 saturated carbocycles. The third-order valence-electron chi connectivity index (χ3n) is 3.44. The van der Waals surface area contributed by atoms with E-state index >= 15 is 0 Å². The predicted octanol–water partition coefficient (Wildman–Crippen LogP) is 3.74. The number of nitrogens with zero attached hydrogens (tertiary/aromatic N) is 1. The highest BCUT2D eigenvalue weighted by Gasteiger charge is 2.39. The van der Waals surface area contributed by atoms with Crippen LogP contribution in [0.5, 0.6) is 0 Å². The minimum absolute atomic E-state index is 0.0799. The van der Waals surface area contributed by atoms with Crippen LogP contribution < -0.4 is 10.2 Å². The van der Waals surface area contributed by atoms with Crippen LogP contribution in [0, 0.1) is 0 Å². The number of amides is 2. The Balaban J connectivity index is 1.84. The molecule has 112 valence electrons. The van der Waals surface area contributed by atoms with E-state index in [2.05, 4.69) is 5.32 Å². The Bertz CT molecular complexity index is 734. The highest BCUT2D eigenvalue weighted by atomic mass is 35.5. The molecule has 0 aliphatic carbocycles. The number of halogens is 2. The number of carbonyl (C=O) groups is 2. The van der Waals surface area contributed by atoms with Crippen molar-refractivity contribution in [2.75, 3.05) is 10.2 Å². The first-order valence-electron chi connectivity index (χ1n) is 6.70. The summed E-state index contributed by atoms with van der Waals surface area (Å²) in [4.78, 5) is 25.8. The second-order valence-corrected chi connectivity index (χ2v) is 5.69. The lowest BCUT2D eigenvalue weighted by molar-refractivity contribution is -0.121. The zero-order valence-electron chi connectivity index (χ0n) is 11.4. The SMILES string of the molecule is O=C1C[C@@H](Nc2cccc(Cl)c2Cl)C(=O)N1c1ccccc1. The third kappa shape index (κ3) is 2.67. The molecule has 0 unspecified atom stereocenters. The van der Waals surface area contributed by atoms with Gasteiger partial charge in [0.05, 0.1) is 27.8 Å². The van der Waals surface area contributed by atoms with Crippen molar-refractivity contribution in [1.82, 2.24) is 0 Å². The Morgan fingerprint density at radius 1 is 1.00 bits per heavy atom. The van der Waals surface area contributed by atoms with Crippen LogP contribution >= 0.6 is 23.2 Å². The summed E-state index contributed by atoms with van der Waals surface area (Å²) < 4.78 is 0. The van der Waals surface area contributed by atoms with Crippen LogP contribution in [0.2, 0.25) is 10.0 Å². The summed E-state index contributed by atoms with van der Waals surface area (Å²) in [5.74, 6) is -0.543. The van der Waals surface area contributed by atoms with Gasteiger partial charge in [-0.1, -0.05) is 47.5 Å². The molecule has 2 aromatic rings. The van der Waals surface area contributed by atoms with Gasteiger partial charge in [-0.3, -0.25) is 9.59 Å². The van der Waals surface area contributed by atoms with Crippen molar-refractivity contribution in [1.29, 1.82) is 0 Å². The Labute approximate surface area is 137 Å². The molecule has 1 heterocycles. The topological polar surface area (TPSA) is 49.4 Å². The van der Waals surface area contributed by atoms with Gasteiger partial charge in [0.25, 0.3) is 5.91 Å². The standard InChI is InChI=1S/C16H12Cl2N2O2/c17-11-7-4-8-12(15(11)18)19-13-9-14(21)20(16(13)22)10-5-2-1-3-6-10/h1-8,13,19H,9H2/t13-/m1/s1. The molecule has 2 aromatic carbocycles. The molecule has 22 heavy (non-hydrogen) atoms. The summed E-state index contributed by atoms with van der Waals surface area (Å²) in [5, 5.41) is 3.73. The van der Waals surface area contributed by atoms with E-state index in [1.807, 2.05) is 6.07 Å². The third-order valence-corrected chi connectivity index (χ3v) is 4.26. The molecule has 6 heteroatoms. The Morgan fingerprint density at radius 2 is 1.73 bits per heavy atom. The number of benzene rings is 2. The monoisotopic (exact) mass is 334 g/mol. The summed E-state index contributed by atoms with van der Waals surface area (Å²) in [6, 6.07) is 13.3. The minimum Gasteiger partial charge on any atom is -0.372 e. The molecule has 1 atom stereocenters. The number of para-hydroxylation sites is 1. The van der Waals surface area contributed by atoms with Gasteiger partial charge in [0, 0.05) is 0 Å². The Kier molecular flexibility index (Phi) is 4.05. The smallest absolute Gasteiger partial charge is 0.256 e. The molecule has 0 aromatic heterocycles. The van der Waals surface area contributed by atoms with Crippen molar-refractivity contribution in [2.24, 2.45) is 0 Å². The first kappa shape index (κ1) is 14.9. The highest BCUT2D eigenvalue weighted by molar-refractivity contribution is 6.43. The van der Waals surface area contributed by atoms with Gasteiger partial charge in [-0.2, -0.15) is 0 Å².